The van der Waals surface area contributed by atoms with Crippen molar-refractivity contribution in [2.45, 2.75) is 0 Å². The SMILES string of the molecule is COc1ccc(C(=O)CN)c(F)c1F. The molecule has 0 bridgehead atoms. The molecule has 0 spiro atoms. The van der Waals surface area contributed by atoms with E-state index in [1.165, 1.54) is 13.2 Å². The van der Waals surface area contributed by atoms with E-state index >= 15 is 0 Å². The summed E-state index contributed by atoms with van der Waals surface area (Å²) in [6.45, 7) is -0.358. The standard InChI is InChI=1S/C9H9F2NO2/c1-14-7-3-2-5(6(13)4-12)8(10)9(7)11/h2-3H,4,12H2,1H3. The highest BCUT2D eigenvalue weighted by atomic mass is 19.2. The first-order valence-electron chi connectivity index (χ1n) is 3.87. The predicted molar refractivity (Wildman–Crippen MR) is 46.3 cm³/mol. The fraction of sp³-hybridized carbons (Fsp3) is 0.222. The zero-order valence-corrected chi connectivity index (χ0v) is 7.51. The molecule has 0 unspecified atom stereocenters. The largest absolute Gasteiger partial charge is 0.494 e. The van der Waals surface area contributed by atoms with E-state index in [1.54, 1.807) is 0 Å². The Morgan fingerprint density at radius 1 is 1.43 bits per heavy atom. The van der Waals surface area contributed by atoms with Crippen LogP contribution in [0, 0.1) is 11.6 Å². The molecule has 0 aliphatic rings. The maximum atomic E-state index is 13.2. The van der Waals surface area contributed by atoms with Gasteiger partial charge in [0.15, 0.2) is 17.3 Å². The molecule has 0 atom stereocenters. The lowest BCUT2D eigenvalue weighted by atomic mass is 10.1. The summed E-state index contributed by atoms with van der Waals surface area (Å²) >= 11 is 0. The topological polar surface area (TPSA) is 52.3 Å². The summed E-state index contributed by atoms with van der Waals surface area (Å²) in [5.74, 6) is -3.29. The van der Waals surface area contributed by atoms with Gasteiger partial charge in [0.1, 0.15) is 0 Å². The van der Waals surface area contributed by atoms with Crippen molar-refractivity contribution in [1.29, 1.82) is 0 Å². The Morgan fingerprint density at radius 3 is 2.57 bits per heavy atom. The molecular weight excluding hydrogens is 192 g/mol. The van der Waals surface area contributed by atoms with Crippen LogP contribution in [0.1, 0.15) is 10.4 Å². The molecule has 76 valence electrons. The maximum absolute atomic E-state index is 13.2. The second-order valence-electron chi connectivity index (χ2n) is 2.57. The van der Waals surface area contributed by atoms with Crippen LogP contribution in [0.4, 0.5) is 8.78 Å². The number of benzene rings is 1. The fourth-order valence-electron chi connectivity index (χ4n) is 1.01. The first-order chi connectivity index (χ1) is 6.61. The van der Waals surface area contributed by atoms with Crippen molar-refractivity contribution in [2.75, 3.05) is 13.7 Å². The van der Waals surface area contributed by atoms with Crippen molar-refractivity contribution in [3.8, 4) is 5.75 Å². The molecule has 0 aliphatic carbocycles. The normalized spacial score (nSPS) is 10.0. The van der Waals surface area contributed by atoms with Gasteiger partial charge in [-0.05, 0) is 12.1 Å². The lowest BCUT2D eigenvalue weighted by Gasteiger charge is -2.05. The van der Waals surface area contributed by atoms with Crippen LogP contribution >= 0.6 is 0 Å². The summed E-state index contributed by atoms with van der Waals surface area (Å²) in [5.41, 5.74) is 4.67. The third-order valence-corrected chi connectivity index (χ3v) is 1.75. The van der Waals surface area contributed by atoms with E-state index in [0.29, 0.717) is 0 Å². The molecule has 0 heterocycles. The molecule has 2 N–H and O–H groups in total. The predicted octanol–water partition coefficient (Wildman–Crippen LogP) is 1.11. The highest BCUT2D eigenvalue weighted by molar-refractivity contribution is 5.97. The number of nitrogens with two attached hydrogens (primary N) is 1. The lowest BCUT2D eigenvalue weighted by Crippen LogP contribution is -2.16. The van der Waals surface area contributed by atoms with E-state index in [-0.39, 0.29) is 17.9 Å². The van der Waals surface area contributed by atoms with Crippen LogP contribution in [0.3, 0.4) is 0 Å². The summed E-state index contributed by atoms with van der Waals surface area (Å²) in [6, 6.07) is 2.33. The maximum Gasteiger partial charge on any atom is 0.201 e. The summed E-state index contributed by atoms with van der Waals surface area (Å²) in [7, 11) is 1.21. The Hall–Kier alpha value is -1.49. The molecule has 0 fully saturated rings. The fourth-order valence-corrected chi connectivity index (χ4v) is 1.01. The Balaban J connectivity index is 3.24. The molecule has 14 heavy (non-hydrogen) atoms. The molecule has 1 aromatic carbocycles. The second-order valence-corrected chi connectivity index (χ2v) is 2.57. The Labute approximate surface area is 79.5 Å². The number of halogens is 2. The number of Topliss-reactive ketones (excluding diaryl/α,β-unsaturated/α-hetero) is 1. The third kappa shape index (κ3) is 1.72. The van der Waals surface area contributed by atoms with E-state index in [1.807, 2.05) is 0 Å². The van der Waals surface area contributed by atoms with Gasteiger partial charge in [-0.25, -0.2) is 4.39 Å². The Kier molecular flexibility index (Phi) is 3.14. The van der Waals surface area contributed by atoms with E-state index in [2.05, 4.69) is 4.74 Å². The molecule has 1 rings (SSSR count). The van der Waals surface area contributed by atoms with Crippen LogP contribution in [0.25, 0.3) is 0 Å². The Bertz CT molecular complexity index is 366. The summed E-state index contributed by atoms with van der Waals surface area (Å²) in [6.07, 6.45) is 0. The van der Waals surface area contributed by atoms with Crippen molar-refractivity contribution in [2.24, 2.45) is 5.73 Å². The molecular formula is C9H9F2NO2. The molecule has 5 heteroatoms. The van der Waals surface area contributed by atoms with Crippen molar-refractivity contribution in [3.05, 3.63) is 29.3 Å². The molecule has 3 nitrogen and oxygen atoms in total. The number of ether oxygens (including phenoxy) is 1. The van der Waals surface area contributed by atoms with Crippen LogP contribution in [0.2, 0.25) is 0 Å². The van der Waals surface area contributed by atoms with Gasteiger partial charge in [-0.3, -0.25) is 4.79 Å². The van der Waals surface area contributed by atoms with E-state index in [4.69, 9.17) is 5.73 Å². The molecule has 0 radical (unpaired) electrons. The highest BCUT2D eigenvalue weighted by Crippen LogP contribution is 2.22. The first kappa shape index (κ1) is 10.6. The minimum Gasteiger partial charge on any atom is -0.494 e. The van der Waals surface area contributed by atoms with E-state index in [0.717, 1.165) is 6.07 Å². The number of hydrogen-bond acceptors (Lipinski definition) is 3. The number of hydrogen-bond donors (Lipinski definition) is 1. The second kappa shape index (κ2) is 4.15. The van der Waals surface area contributed by atoms with Gasteiger partial charge in [0.25, 0.3) is 0 Å². The number of rotatable bonds is 3. The summed E-state index contributed by atoms with van der Waals surface area (Å²) in [4.78, 5) is 11.0. The monoisotopic (exact) mass is 201 g/mol. The van der Waals surface area contributed by atoms with Crippen molar-refractivity contribution in [1.82, 2.24) is 0 Å². The smallest absolute Gasteiger partial charge is 0.201 e. The van der Waals surface area contributed by atoms with Gasteiger partial charge in [0.2, 0.25) is 5.82 Å². The molecule has 0 saturated carbocycles. The summed E-state index contributed by atoms with van der Waals surface area (Å²) in [5, 5.41) is 0. The van der Waals surface area contributed by atoms with Gasteiger partial charge in [-0.15, -0.1) is 0 Å². The van der Waals surface area contributed by atoms with Crippen LogP contribution in [0.15, 0.2) is 12.1 Å². The molecule has 1 aromatic rings. The van der Waals surface area contributed by atoms with E-state index < -0.39 is 17.4 Å². The summed E-state index contributed by atoms with van der Waals surface area (Å²) < 4.78 is 30.8. The van der Waals surface area contributed by atoms with Crippen LogP contribution in [-0.2, 0) is 0 Å². The third-order valence-electron chi connectivity index (χ3n) is 1.75. The average Bonchev–Trinajstić information content (AvgIpc) is 2.21. The average molecular weight is 201 g/mol. The molecule has 0 aliphatic heterocycles. The Morgan fingerprint density at radius 2 is 2.07 bits per heavy atom. The van der Waals surface area contributed by atoms with Crippen molar-refractivity contribution in [3.63, 3.8) is 0 Å². The van der Waals surface area contributed by atoms with Crippen LogP contribution in [0.5, 0.6) is 5.75 Å². The van der Waals surface area contributed by atoms with Gasteiger partial charge in [0, 0.05) is 0 Å². The molecule has 0 amide bonds. The van der Waals surface area contributed by atoms with Crippen LogP contribution in [-0.4, -0.2) is 19.4 Å². The molecule has 0 saturated heterocycles. The number of carbonyl (C=O) groups is 1. The van der Waals surface area contributed by atoms with Crippen LogP contribution < -0.4 is 10.5 Å². The van der Waals surface area contributed by atoms with E-state index in [9.17, 15) is 13.6 Å². The number of methoxy groups -OCH3 is 1. The molecule has 0 aromatic heterocycles. The van der Waals surface area contributed by atoms with Crippen molar-refractivity contribution < 1.29 is 18.3 Å². The zero-order valence-electron chi connectivity index (χ0n) is 7.51. The van der Waals surface area contributed by atoms with Gasteiger partial charge in [0.05, 0.1) is 19.2 Å². The van der Waals surface area contributed by atoms with Gasteiger partial charge >= 0.3 is 0 Å². The minimum atomic E-state index is -1.22. The number of carbonyl (C=O) groups excluding carboxylic acids is 1. The van der Waals surface area contributed by atoms with Gasteiger partial charge in [-0.1, -0.05) is 0 Å². The zero-order chi connectivity index (χ0) is 10.7. The lowest BCUT2D eigenvalue weighted by molar-refractivity contribution is 0.0996. The van der Waals surface area contributed by atoms with Crippen molar-refractivity contribution >= 4 is 5.78 Å². The quantitative estimate of drug-likeness (QED) is 0.745. The first-order valence-corrected chi connectivity index (χ1v) is 3.87. The highest BCUT2D eigenvalue weighted by Gasteiger charge is 2.17. The minimum absolute atomic E-state index is 0.240. The number of ketones is 1. The van der Waals surface area contributed by atoms with Gasteiger partial charge < -0.3 is 10.5 Å². The van der Waals surface area contributed by atoms with Gasteiger partial charge in [-0.2, -0.15) is 4.39 Å².